The van der Waals surface area contributed by atoms with E-state index in [4.69, 9.17) is 0 Å². The molecule has 0 aliphatic rings. The fraction of sp³-hybridized carbons (Fsp3) is 0.235. The first-order chi connectivity index (χ1) is 11.9. The van der Waals surface area contributed by atoms with Crippen LogP contribution in [0.2, 0.25) is 0 Å². The summed E-state index contributed by atoms with van der Waals surface area (Å²) in [6.45, 7) is 4.00. The minimum Gasteiger partial charge on any atom is -0.504 e. The number of aromatic nitrogens is 5. The summed E-state index contributed by atoms with van der Waals surface area (Å²) < 4.78 is 3.26. The maximum Gasteiger partial charge on any atom is 0.327 e. The summed E-state index contributed by atoms with van der Waals surface area (Å²) in [7, 11) is 1.66. The number of phenols is 2. The molecule has 3 N–H and O–H groups in total. The molecule has 0 saturated heterocycles. The van der Waals surface area contributed by atoms with Crippen LogP contribution in [0.1, 0.15) is 19.9 Å². The minimum atomic E-state index is -0.275. The first kappa shape index (κ1) is 15.3. The first-order valence-corrected chi connectivity index (χ1v) is 7.86. The summed E-state index contributed by atoms with van der Waals surface area (Å²) in [5.74, 6) is -0.432. The Hall–Kier alpha value is -3.29. The van der Waals surface area contributed by atoms with Crippen LogP contribution in [0.15, 0.2) is 29.2 Å². The molecule has 128 valence electrons. The van der Waals surface area contributed by atoms with E-state index in [9.17, 15) is 15.0 Å². The van der Waals surface area contributed by atoms with E-state index >= 15 is 0 Å². The topological polar surface area (TPSA) is 109 Å². The number of nitrogens with zero attached hydrogens (tertiary/aromatic N) is 4. The van der Waals surface area contributed by atoms with Gasteiger partial charge in [-0.2, -0.15) is 5.10 Å². The fourth-order valence-electron chi connectivity index (χ4n) is 3.10. The highest BCUT2D eigenvalue weighted by atomic mass is 16.3. The number of imidazole rings is 1. The molecule has 0 atom stereocenters. The van der Waals surface area contributed by atoms with Crippen molar-refractivity contribution >= 4 is 22.2 Å². The standard InChI is InChI=1S/C17H17N5O3/c1-8(2)22-16-10(7-18-22)13(9-4-5-11(23)12(24)6-9)14-15(19-16)20-17(25)21(14)3/h4-8,23-24H,1-3H3,(H,19,20,25). The zero-order chi connectivity index (χ0) is 17.9. The highest BCUT2D eigenvalue weighted by molar-refractivity contribution is 6.06. The highest BCUT2D eigenvalue weighted by Gasteiger charge is 2.20. The second kappa shape index (κ2) is 5.10. The monoisotopic (exact) mass is 339 g/mol. The summed E-state index contributed by atoms with van der Waals surface area (Å²) in [6, 6.07) is 4.67. The number of fused-ring (bicyclic) bond motifs is 2. The molecule has 0 spiro atoms. The van der Waals surface area contributed by atoms with Crippen molar-refractivity contribution in [3.63, 3.8) is 0 Å². The Bertz CT molecular complexity index is 1180. The number of H-pyrrole nitrogens is 1. The lowest BCUT2D eigenvalue weighted by Crippen LogP contribution is -2.12. The van der Waals surface area contributed by atoms with Gasteiger partial charge in [0.2, 0.25) is 0 Å². The maximum atomic E-state index is 12.1. The van der Waals surface area contributed by atoms with Gasteiger partial charge in [-0.15, -0.1) is 0 Å². The number of hydrogen-bond acceptors (Lipinski definition) is 5. The summed E-state index contributed by atoms with van der Waals surface area (Å²) >= 11 is 0. The van der Waals surface area contributed by atoms with Crippen molar-refractivity contribution in [1.29, 1.82) is 0 Å². The van der Waals surface area contributed by atoms with Gasteiger partial charge in [-0.1, -0.05) is 6.07 Å². The average molecular weight is 339 g/mol. The number of hydrogen-bond donors (Lipinski definition) is 3. The number of rotatable bonds is 2. The van der Waals surface area contributed by atoms with Crippen molar-refractivity contribution in [3.8, 4) is 22.6 Å². The Kier molecular flexibility index (Phi) is 3.11. The summed E-state index contributed by atoms with van der Waals surface area (Å²) in [4.78, 5) is 19.5. The van der Waals surface area contributed by atoms with E-state index in [1.165, 1.54) is 16.7 Å². The summed E-state index contributed by atoms with van der Waals surface area (Å²) in [5.41, 5.74) is 2.82. The maximum absolute atomic E-state index is 12.1. The van der Waals surface area contributed by atoms with E-state index in [1.54, 1.807) is 24.0 Å². The molecule has 0 radical (unpaired) electrons. The molecule has 0 amide bonds. The van der Waals surface area contributed by atoms with Gasteiger partial charge in [0.05, 0.1) is 11.7 Å². The van der Waals surface area contributed by atoms with Gasteiger partial charge in [-0.25, -0.2) is 14.5 Å². The molecule has 4 rings (SSSR count). The Morgan fingerprint density at radius 3 is 2.64 bits per heavy atom. The van der Waals surface area contributed by atoms with E-state index in [0.717, 1.165) is 10.9 Å². The molecular weight excluding hydrogens is 322 g/mol. The Morgan fingerprint density at radius 2 is 1.96 bits per heavy atom. The molecule has 25 heavy (non-hydrogen) atoms. The molecular formula is C17H17N5O3. The third kappa shape index (κ3) is 2.10. The second-order valence-electron chi connectivity index (χ2n) is 6.30. The van der Waals surface area contributed by atoms with Crippen LogP contribution in [0.4, 0.5) is 0 Å². The van der Waals surface area contributed by atoms with Gasteiger partial charge in [-0.05, 0) is 31.5 Å². The van der Waals surface area contributed by atoms with Gasteiger partial charge in [0, 0.05) is 24.0 Å². The molecule has 4 aromatic rings. The van der Waals surface area contributed by atoms with Crippen molar-refractivity contribution in [3.05, 3.63) is 34.9 Å². The number of aromatic hydroxyl groups is 2. The van der Waals surface area contributed by atoms with Gasteiger partial charge < -0.3 is 10.2 Å². The number of phenolic OH excluding ortho intramolecular Hbond substituents is 2. The van der Waals surface area contributed by atoms with Gasteiger partial charge >= 0.3 is 5.69 Å². The predicted octanol–water partition coefficient (Wildman–Crippen LogP) is 2.27. The van der Waals surface area contributed by atoms with E-state index in [-0.39, 0.29) is 23.2 Å². The number of benzene rings is 1. The summed E-state index contributed by atoms with van der Waals surface area (Å²) in [5, 5.41) is 24.7. The molecule has 0 unspecified atom stereocenters. The second-order valence-corrected chi connectivity index (χ2v) is 6.30. The van der Waals surface area contributed by atoms with Crippen LogP contribution >= 0.6 is 0 Å². The Labute approximate surface area is 142 Å². The molecule has 3 heterocycles. The van der Waals surface area contributed by atoms with Crippen LogP contribution in [0.3, 0.4) is 0 Å². The summed E-state index contributed by atoms with van der Waals surface area (Å²) in [6.07, 6.45) is 1.71. The zero-order valence-corrected chi connectivity index (χ0v) is 14.0. The van der Waals surface area contributed by atoms with E-state index in [2.05, 4.69) is 15.1 Å². The SMILES string of the molecule is CC(C)n1ncc2c(-c3ccc(O)c(O)c3)c3c(nc21)[nH]c(=O)n3C. The zero-order valence-electron chi connectivity index (χ0n) is 14.0. The average Bonchev–Trinajstić information content (AvgIpc) is 3.10. The lowest BCUT2D eigenvalue weighted by Gasteiger charge is -2.10. The van der Waals surface area contributed by atoms with Gasteiger partial charge in [-0.3, -0.25) is 9.55 Å². The number of aryl methyl sites for hydroxylation is 1. The molecule has 0 aliphatic heterocycles. The van der Waals surface area contributed by atoms with Crippen LogP contribution in [0.5, 0.6) is 11.5 Å². The van der Waals surface area contributed by atoms with E-state index in [1.807, 2.05) is 13.8 Å². The molecule has 1 aromatic carbocycles. The van der Waals surface area contributed by atoms with Gasteiger partial charge in [0.25, 0.3) is 0 Å². The van der Waals surface area contributed by atoms with Crippen LogP contribution < -0.4 is 5.69 Å². The largest absolute Gasteiger partial charge is 0.504 e. The lowest BCUT2D eigenvalue weighted by atomic mass is 10.0. The Morgan fingerprint density at radius 1 is 1.20 bits per heavy atom. The van der Waals surface area contributed by atoms with Crippen LogP contribution in [0, 0.1) is 0 Å². The number of nitrogens with one attached hydrogen (secondary N) is 1. The molecule has 0 bridgehead atoms. The van der Waals surface area contributed by atoms with Gasteiger partial charge in [0.15, 0.2) is 22.8 Å². The third-order valence-electron chi connectivity index (χ3n) is 4.34. The lowest BCUT2D eigenvalue weighted by molar-refractivity contribution is 0.404. The third-order valence-corrected chi connectivity index (χ3v) is 4.34. The minimum absolute atomic E-state index is 0.0963. The van der Waals surface area contributed by atoms with Gasteiger partial charge in [0.1, 0.15) is 0 Å². The van der Waals surface area contributed by atoms with Crippen molar-refractivity contribution in [2.75, 3.05) is 0 Å². The Balaban J connectivity index is 2.21. The van der Waals surface area contributed by atoms with Crippen LogP contribution in [0.25, 0.3) is 33.3 Å². The van der Waals surface area contributed by atoms with Crippen molar-refractivity contribution in [2.24, 2.45) is 7.05 Å². The molecule has 0 saturated carbocycles. The predicted molar refractivity (Wildman–Crippen MR) is 93.8 cm³/mol. The van der Waals surface area contributed by atoms with Crippen molar-refractivity contribution in [2.45, 2.75) is 19.9 Å². The van der Waals surface area contributed by atoms with E-state index in [0.29, 0.717) is 22.4 Å². The smallest absolute Gasteiger partial charge is 0.327 e. The van der Waals surface area contributed by atoms with Crippen molar-refractivity contribution in [1.82, 2.24) is 24.3 Å². The first-order valence-electron chi connectivity index (χ1n) is 7.86. The molecule has 8 nitrogen and oxygen atoms in total. The normalized spacial score (nSPS) is 11.8. The number of aromatic amines is 1. The highest BCUT2D eigenvalue weighted by Crippen LogP contribution is 2.37. The molecule has 3 aromatic heterocycles. The van der Waals surface area contributed by atoms with E-state index < -0.39 is 0 Å². The fourth-order valence-corrected chi connectivity index (χ4v) is 3.10. The molecule has 8 heteroatoms. The number of pyridine rings is 1. The van der Waals surface area contributed by atoms with Crippen LogP contribution in [-0.2, 0) is 7.05 Å². The molecule has 0 aliphatic carbocycles. The van der Waals surface area contributed by atoms with Crippen molar-refractivity contribution < 1.29 is 10.2 Å². The van der Waals surface area contributed by atoms with Crippen LogP contribution in [-0.4, -0.2) is 34.5 Å². The molecule has 0 fully saturated rings. The quantitative estimate of drug-likeness (QED) is 0.485.